The minimum atomic E-state index is -0.981. The summed E-state index contributed by atoms with van der Waals surface area (Å²) in [7, 11) is 0. The fourth-order valence-corrected chi connectivity index (χ4v) is 2.55. The van der Waals surface area contributed by atoms with Gasteiger partial charge in [0.25, 0.3) is 5.91 Å². The van der Waals surface area contributed by atoms with Crippen molar-refractivity contribution in [2.24, 2.45) is 0 Å². The van der Waals surface area contributed by atoms with Crippen molar-refractivity contribution in [1.82, 2.24) is 15.6 Å². The summed E-state index contributed by atoms with van der Waals surface area (Å²) >= 11 is 1.34. The van der Waals surface area contributed by atoms with Crippen LogP contribution in [-0.2, 0) is 4.79 Å². The Labute approximate surface area is 145 Å². The van der Waals surface area contributed by atoms with Crippen molar-refractivity contribution >= 4 is 23.2 Å². The second-order valence-electron chi connectivity index (χ2n) is 5.70. The standard InChI is InChI=1S/C17H21N3O3S/c1-17(2,20-15(21)14-7-4-11-24-14)16(22)19-9-5-10-23-13-6-3-8-18-12-13/h3-4,6-8,11-12H,5,9-10H2,1-2H3,(H,19,22)(H,20,21). The number of hydrogen-bond acceptors (Lipinski definition) is 5. The minimum absolute atomic E-state index is 0.228. The molecule has 0 radical (unpaired) electrons. The highest BCUT2D eigenvalue weighted by molar-refractivity contribution is 7.12. The number of carbonyl (C=O) groups is 2. The molecular formula is C17H21N3O3S. The SMILES string of the molecule is CC(C)(NC(=O)c1cccs1)C(=O)NCCCOc1cccnc1. The summed E-state index contributed by atoms with van der Waals surface area (Å²) in [6.45, 7) is 4.31. The summed E-state index contributed by atoms with van der Waals surface area (Å²) in [5.74, 6) is 0.228. The zero-order valence-corrected chi connectivity index (χ0v) is 14.6. The lowest BCUT2D eigenvalue weighted by molar-refractivity contribution is -0.126. The summed E-state index contributed by atoms with van der Waals surface area (Å²) in [5, 5.41) is 7.38. The molecule has 2 N–H and O–H groups in total. The van der Waals surface area contributed by atoms with Gasteiger partial charge in [-0.25, -0.2) is 0 Å². The maximum atomic E-state index is 12.2. The van der Waals surface area contributed by atoms with Crippen LogP contribution in [-0.4, -0.2) is 35.5 Å². The van der Waals surface area contributed by atoms with Crippen molar-refractivity contribution in [3.8, 4) is 5.75 Å². The largest absolute Gasteiger partial charge is 0.492 e. The number of aromatic nitrogens is 1. The Hall–Kier alpha value is -2.41. The van der Waals surface area contributed by atoms with E-state index in [4.69, 9.17) is 4.74 Å². The van der Waals surface area contributed by atoms with Gasteiger partial charge in [-0.2, -0.15) is 0 Å². The molecule has 0 bridgehead atoms. The summed E-state index contributed by atoms with van der Waals surface area (Å²) in [5.41, 5.74) is -0.981. The van der Waals surface area contributed by atoms with Crippen molar-refractivity contribution in [2.45, 2.75) is 25.8 Å². The van der Waals surface area contributed by atoms with E-state index in [-0.39, 0.29) is 11.8 Å². The third kappa shape index (κ3) is 5.34. The number of pyridine rings is 1. The number of hydrogen-bond donors (Lipinski definition) is 2. The van der Waals surface area contributed by atoms with Gasteiger partial charge in [0.2, 0.25) is 5.91 Å². The molecule has 2 aromatic rings. The fourth-order valence-electron chi connectivity index (χ4n) is 1.93. The van der Waals surface area contributed by atoms with E-state index >= 15 is 0 Å². The van der Waals surface area contributed by atoms with Gasteiger partial charge in [0.15, 0.2) is 0 Å². The van der Waals surface area contributed by atoms with Gasteiger partial charge < -0.3 is 15.4 Å². The molecule has 0 aliphatic heterocycles. The molecule has 0 spiro atoms. The lowest BCUT2D eigenvalue weighted by Crippen LogP contribution is -2.54. The molecule has 2 heterocycles. The smallest absolute Gasteiger partial charge is 0.262 e. The molecule has 2 rings (SSSR count). The average Bonchev–Trinajstić information content (AvgIpc) is 3.09. The number of nitrogens with one attached hydrogen (secondary N) is 2. The quantitative estimate of drug-likeness (QED) is 0.718. The second kappa shape index (κ2) is 8.44. The first-order valence-electron chi connectivity index (χ1n) is 7.66. The van der Waals surface area contributed by atoms with Gasteiger partial charge in [0.1, 0.15) is 11.3 Å². The molecule has 2 aromatic heterocycles. The van der Waals surface area contributed by atoms with E-state index in [2.05, 4.69) is 15.6 Å². The van der Waals surface area contributed by atoms with Crippen molar-refractivity contribution < 1.29 is 14.3 Å². The normalized spacial score (nSPS) is 10.9. The van der Waals surface area contributed by atoms with Crippen LogP contribution in [0.4, 0.5) is 0 Å². The number of ether oxygens (including phenoxy) is 1. The number of amides is 2. The van der Waals surface area contributed by atoms with Crippen LogP contribution < -0.4 is 15.4 Å². The van der Waals surface area contributed by atoms with E-state index in [0.717, 1.165) is 0 Å². The fraction of sp³-hybridized carbons (Fsp3) is 0.353. The molecule has 0 aromatic carbocycles. The number of carbonyl (C=O) groups excluding carboxylic acids is 2. The highest BCUT2D eigenvalue weighted by Gasteiger charge is 2.29. The van der Waals surface area contributed by atoms with E-state index in [9.17, 15) is 9.59 Å². The van der Waals surface area contributed by atoms with Crippen LogP contribution in [0.2, 0.25) is 0 Å². The van der Waals surface area contributed by atoms with Crippen molar-refractivity contribution in [1.29, 1.82) is 0 Å². The van der Waals surface area contributed by atoms with Gasteiger partial charge in [-0.1, -0.05) is 6.07 Å². The van der Waals surface area contributed by atoms with Crippen LogP contribution in [0.15, 0.2) is 42.0 Å². The zero-order chi connectivity index (χ0) is 17.4. The number of rotatable bonds is 8. The highest BCUT2D eigenvalue weighted by Crippen LogP contribution is 2.11. The maximum Gasteiger partial charge on any atom is 0.262 e. The summed E-state index contributed by atoms with van der Waals surface area (Å²) in [6.07, 6.45) is 3.98. The first-order chi connectivity index (χ1) is 11.5. The van der Waals surface area contributed by atoms with E-state index in [1.54, 1.807) is 44.4 Å². The molecule has 2 amide bonds. The Morgan fingerprint density at radius 1 is 1.29 bits per heavy atom. The van der Waals surface area contributed by atoms with E-state index in [1.807, 2.05) is 11.4 Å². The lowest BCUT2D eigenvalue weighted by atomic mass is 10.0. The third-order valence-corrected chi connectivity index (χ3v) is 4.12. The van der Waals surface area contributed by atoms with Gasteiger partial charge >= 0.3 is 0 Å². The third-order valence-electron chi connectivity index (χ3n) is 3.25. The molecule has 0 saturated heterocycles. The van der Waals surface area contributed by atoms with Crippen molar-refractivity contribution in [3.05, 3.63) is 46.9 Å². The summed E-state index contributed by atoms with van der Waals surface area (Å²) in [4.78, 5) is 28.8. The molecule has 0 unspecified atom stereocenters. The zero-order valence-electron chi connectivity index (χ0n) is 13.7. The van der Waals surface area contributed by atoms with Gasteiger partial charge in [0, 0.05) is 12.7 Å². The van der Waals surface area contributed by atoms with Gasteiger partial charge in [-0.15, -0.1) is 11.3 Å². The molecule has 128 valence electrons. The van der Waals surface area contributed by atoms with Crippen molar-refractivity contribution in [2.75, 3.05) is 13.2 Å². The first-order valence-corrected chi connectivity index (χ1v) is 8.54. The summed E-state index contributed by atoms with van der Waals surface area (Å²) < 4.78 is 5.50. The van der Waals surface area contributed by atoms with Gasteiger partial charge in [-0.05, 0) is 43.8 Å². The van der Waals surface area contributed by atoms with Crippen LogP contribution in [0.3, 0.4) is 0 Å². The Morgan fingerprint density at radius 2 is 2.12 bits per heavy atom. The van der Waals surface area contributed by atoms with Gasteiger partial charge in [-0.3, -0.25) is 14.6 Å². The minimum Gasteiger partial charge on any atom is -0.492 e. The van der Waals surface area contributed by atoms with Crippen LogP contribution in [0.5, 0.6) is 5.75 Å². The van der Waals surface area contributed by atoms with Crippen LogP contribution in [0.25, 0.3) is 0 Å². The topological polar surface area (TPSA) is 80.3 Å². The Bertz CT molecular complexity index is 657. The molecule has 0 aliphatic carbocycles. The van der Waals surface area contributed by atoms with Crippen LogP contribution in [0, 0.1) is 0 Å². The molecule has 6 nitrogen and oxygen atoms in total. The highest BCUT2D eigenvalue weighted by atomic mass is 32.1. The average molecular weight is 347 g/mol. The first kappa shape index (κ1) is 17.9. The van der Waals surface area contributed by atoms with Crippen LogP contribution in [0.1, 0.15) is 29.9 Å². The molecule has 7 heteroatoms. The molecule has 0 fully saturated rings. The predicted octanol–water partition coefficient (Wildman–Crippen LogP) is 2.24. The molecular weight excluding hydrogens is 326 g/mol. The number of thiophene rings is 1. The lowest BCUT2D eigenvalue weighted by Gasteiger charge is -2.24. The van der Waals surface area contributed by atoms with E-state index in [0.29, 0.717) is 30.2 Å². The number of nitrogens with zero attached hydrogens (tertiary/aromatic N) is 1. The molecule has 0 atom stereocenters. The van der Waals surface area contributed by atoms with E-state index < -0.39 is 5.54 Å². The Kier molecular flexibility index (Phi) is 6.31. The second-order valence-corrected chi connectivity index (χ2v) is 6.65. The van der Waals surface area contributed by atoms with Crippen molar-refractivity contribution in [3.63, 3.8) is 0 Å². The molecule has 0 aliphatic rings. The van der Waals surface area contributed by atoms with Gasteiger partial charge in [0.05, 0.1) is 17.7 Å². The Morgan fingerprint density at radius 3 is 2.79 bits per heavy atom. The summed E-state index contributed by atoms with van der Waals surface area (Å²) in [6, 6.07) is 7.16. The van der Waals surface area contributed by atoms with Crippen LogP contribution >= 0.6 is 11.3 Å². The Balaban J connectivity index is 1.69. The predicted molar refractivity (Wildman–Crippen MR) is 93.2 cm³/mol. The van der Waals surface area contributed by atoms with E-state index in [1.165, 1.54) is 11.3 Å². The monoisotopic (exact) mass is 347 g/mol. The molecule has 24 heavy (non-hydrogen) atoms. The molecule has 0 saturated carbocycles. The maximum absolute atomic E-state index is 12.2.